The topological polar surface area (TPSA) is 12.5 Å². The monoisotopic (exact) mass is 299 g/mol. The van der Waals surface area contributed by atoms with Gasteiger partial charge in [-0.15, -0.1) is 12.4 Å². The van der Waals surface area contributed by atoms with Crippen molar-refractivity contribution in [2.45, 2.75) is 32.2 Å². The number of hydrogen-bond acceptors (Lipinski definition) is 3. The highest BCUT2D eigenvalue weighted by Crippen LogP contribution is 2.15. The van der Waals surface area contributed by atoms with E-state index >= 15 is 0 Å². The molecular formula is C15H22ClNOS. The lowest BCUT2D eigenvalue weighted by atomic mass is 10.0. The van der Waals surface area contributed by atoms with Crippen LogP contribution in [-0.2, 0) is 4.74 Å². The highest BCUT2D eigenvalue weighted by Gasteiger charge is 2.17. The Labute approximate surface area is 127 Å². The van der Waals surface area contributed by atoms with E-state index in [2.05, 4.69) is 11.8 Å². The number of halogens is 1. The molecule has 1 aliphatic heterocycles. The third-order valence-electron chi connectivity index (χ3n) is 3.56. The maximum atomic E-state index is 5.67. The Morgan fingerprint density at radius 1 is 1.32 bits per heavy atom. The van der Waals surface area contributed by atoms with Crippen molar-refractivity contribution in [1.29, 1.82) is 0 Å². The Morgan fingerprint density at radius 3 is 2.74 bits per heavy atom. The fourth-order valence-corrected chi connectivity index (χ4v) is 2.62. The van der Waals surface area contributed by atoms with Gasteiger partial charge in [0.15, 0.2) is 5.05 Å². The van der Waals surface area contributed by atoms with E-state index in [1.807, 2.05) is 30.3 Å². The first-order chi connectivity index (χ1) is 8.77. The van der Waals surface area contributed by atoms with Gasteiger partial charge in [0.1, 0.15) is 6.61 Å². The zero-order chi connectivity index (χ0) is 12.8. The molecule has 1 aromatic carbocycles. The summed E-state index contributed by atoms with van der Waals surface area (Å²) in [7, 11) is 0. The summed E-state index contributed by atoms with van der Waals surface area (Å²) in [5.41, 5.74) is 0.999. The van der Waals surface area contributed by atoms with Crippen molar-refractivity contribution in [3.05, 3.63) is 35.9 Å². The van der Waals surface area contributed by atoms with E-state index in [-0.39, 0.29) is 12.4 Å². The fourth-order valence-electron chi connectivity index (χ4n) is 2.40. The molecule has 1 saturated heterocycles. The number of ether oxygens (including phenoxy) is 1. The second-order valence-electron chi connectivity index (χ2n) is 4.88. The largest absolute Gasteiger partial charge is 0.482 e. The molecule has 0 aromatic heterocycles. The molecule has 0 saturated carbocycles. The molecule has 1 aliphatic rings. The minimum absolute atomic E-state index is 0. The lowest BCUT2D eigenvalue weighted by molar-refractivity contribution is 0.131. The van der Waals surface area contributed by atoms with Crippen LogP contribution >= 0.6 is 24.6 Å². The molecule has 0 unspecified atom stereocenters. The number of piperidine rings is 1. The fraction of sp³-hybridized carbons (Fsp3) is 0.533. The molecule has 1 aromatic rings. The van der Waals surface area contributed by atoms with Crippen LogP contribution in [0, 0.1) is 0 Å². The highest BCUT2D eigenvalue weighted by molar-refractivity contribution is 7.80. The quantitative estimate of drug-likeness (QED) is 0.787. The third kappa shape index (κ3) is 5.09. The van der Waals surface area contributed by atoms with Crippen LogP contribution in [0.4, 0.5) is 0 Å². The molecule has 1 atom stereocenters. The van der Waals surface area contributed by atoms with Crippen LogP contribution in [0.3, 0.4) is 0 Å². The standard InChI is InChI=1S/C15H21NOS.ClH/c1-13-7-5-6-10-16(13)11-12-17-15(18)14-8-3-2-4-9-14;/h2-4,8-9,13H,5-7,10-12H2,1H3;1H/t13-;/m0./s1. The van der Waals surface area contributed by atoms with E-state index in [4.69, 9.17) is 17.0 Å². The predicted octanol–water partition coefficient (Wildman–Crippen LogP) is 3.67. The van der Waals surface area contributed by atoms with E-state index in [9.17, 15) is 0 Å². The molecule has 2 nitrogen and oxygen atoms in total. The van der Waals surface area contributed by atoms with Gasteiger partial charge in [0, 0.05) is 18.2 Å². The molecule has 106 valence electrons. The Hall–Kier alpha value is -0.640. The molecule has 1 fully saturated rings. The third-order valence-corrected chi connectivity index (χ3v) is 3.92. The van der Waals surface area contributed by atoms with Crippen molar-refractivity contribution in [1.82, 2.24) is 4.90 Å². The summed E-state index contributed by atoms with van der Waals surface area (Å²) >= 11 is 5.28. The summed E-state index contributed by atoms with van der Waals surface area (Å²) in [6, 6.07) is 10.6. The number of rotatable bonds is 4. The minimum atomic E-state index is 0. The van der Waals surface area contributed by atoms with Crippen molar-refractivity contribution in [2.75, 3.05) is 19.7 Å². The van der Waals surface area contributed by atoms with Gasteiger partial charge in [-0.2, -0.15) is 0 Å². The van der Waals surface area contributed by atoms with Crippen LogP contribution in [0.2, 0.25) is 0 Å². The highest BCUT2D eigenvalue weighted by atomic mass is 35.5. The van der Waals surface area contributed by atoms with Crippen LogP contribution in [0.5, 0.6) is 0 Å². The lowest BCUT2D eigenvalue weighted by Gasteiger charge is -2.33. The van der Waals surface area contributed by atoms with Crippen molar-refractivity contribution in [3.63, 3.8) is 0 Å². The average Bonchev–Trinajstić information content (AvgIpc) is 2.42. The van der Waals surface area contributed by atoms with Gasteiger partial charge in [-0.3, -0.25) is 4.90 Å². The van der Waals surface area contributed by atoms with Crippen LogP contribution < -0.4 is 0 Å². The number of hydrogen-bond donors (Lipinski definition) is 0. The van der Waals surface area contributed by atoms with Gasteiger partial charge in [0.05, 0.1) is 0 Å². The second-order valence-corrected chi connectivity index (χ2v) is 5.25. The van der Waals surface area contributed by atoms with Crippen molar-refractivity contribution >= 4 is 29.7 Å². The van der Waals surface area contributed by atoms with E-state index < -0.39 is 0 Å². The first-order valence-corrected chi connectivity index (χ1v) is 7.14. The Bertz CT molecular complexity index is 385. The molecule has 4 heteroatoms. The van der Waals surface area contributed by atoms with Crippen molar-refractivity contribution in [2.24, 2.45) is 0 Å². The van der Waals surface area contributed by atoms with Gasteiger partial charge in [-0.1, -0.05) is 36.8 Å². The molecule has 0 radical (unpaired) electrons. The number of likely N-dealkylation sites (tertiary alicyclic amines) is 1. The molecule has 0 N–H and O–H groups in total. The lowest BCUT2D eigenvalue weighted by Crippen LogP contribution is -2.39. The van der Waals surface area contributed by atoms with E-state index in [1.54, 1.807) is 0 Å². The maximum absolute atomic E-state index is 5.67. The van der Waals surface area contributed by atoms with Gasteiger partial charge < -0.3 is 4.74 Å². The average molecular weight is 300 g/mol. The summed E-state index contributed by atoms with van der Waals surface area (Å²) in [6.07, 6.45) is 3.98. The first-order valence-electron chi connectivity index (χ1n) is 6.73. The molecule has 0 aliphatic carbocycles. The van der Waals surface area contributed by atoms with Crippen LogP contribution in [-0.4, -0.2) is 35.7 Å². The Kier molecular flexibility index (Phi) is 7.36. The molecule has 19 heavy (non-hydrogen) atoms. The summed E-state index contributed by atoms with van der Waals surface area (Å²) in [5.74, 6) is 0. The van der Waals surface area contributed by atoms with Crippen LogP contribution in [0.1, 0.15) is 31.7 Å². The molecule has 2 rings (SSSR count). The van der Waals surface area contributed by atoms with Gasteiger partial charge in [-0.25, -0.2) is 0 Å². The summed E-state index contributed by atoms with van der Waals surface area (Å²) in [6.45, 7) is 5.17. The van der Waals surface area contributed by atoms with E-state index in [0.29, 0.717) is 17.7 Å². The Morgan fingerprint density at radius 2 is 2.05 bits per heavy atom. The van der Waals surface area contributed by atoms with Crippen molar-refractivity contribution < 1.29 is 4.74 Å². The van der Waals surface area contributed by atoms with Crippen molar-refractivity contribution in [3.8, 4) is 0 Å². The maximum Gasteiger partial charge on any atom is 0.191 e. The first kappa shape index (κ1) is 16.4. The van der Waals surface area contributed by atoms with E-state index in [0.717, 1.165) is 12.1 Å². The number of benzene rings is 1. The molecular weight excluding hydrogens is 278 g/mol. The summed E-state index contributed by atoms with van der Waals surface area (Å²) < 4.78 is 5.67. The molecule has 1 heterocycles. The van der Waals surface area contributed by atoms with Gasteiger partial charge >= 0.3 is 0 Å². The SMILES string of the molecule is C[C@H]1CCCCN1CCOC(=S)c1ccccc1.Cl. The summed E-state index contributed by atoms with van der Waals surface area (Å²) in [4.78, 5) is 2.50. The number of nitrogens with zero attached hydrogens (tertiary/aromatic N) is 1. The van der Waals surface area contributed by atoms with Crippen LogP contribution in [0.15, 0.2) is 30.3 Å². The van der Waals surface area contributed by atoms with E-state index in [1.165, 1.54) is 25.8 Å². The van der Waals surface area contributed by atoms with Gasteiger partial charge in [0.2, 0.25) is 0 Å². The zero-order valence-electron chi connectivity index (χ0n) is 11.4. The molecule has 0 amide bonds. The van der Waals surface area contributed by atoms with Crippen LogP contribution in [0.25, 0.3) is 0 Å². The van der Waals surface area contributed by atoms with Gasteiger partial charge in [-0.05, 0) is 38.5 Å². The predicted molar refractivity (Wildman–Crippen MR) is 86.2 cm³/mol. The molecule has 0 spiro atoms. The Balaban J connectivity index is 0.00000180. The van der Waals surface area contributed by atoms with Gasteiger partial charge in [0.25, 0.3) is 0 Å². The zero-order valence-corrected chi connectivity index (χ0v) is 13.0. The molecule has 0 bridgehead atoms. The smallest absolute Gasteiger partial charge is 0.191 e. The summed E-state index contributed by atoms with van der Waals surface area (Å²) in [5, 5.41) is 0.611. The number of thiocarbonyl (C=S) groups is 1. The second kappa shape index (κ2) is 8.51. The minimum Gasteiger partial charge on any atom is -0.482 e. The normalized spacial score (nSPS) is 19.5.